The second-order valence-corrected chi connectivity index (χ2v) is 11.9. The fourth-order valence-electron chi connectivity index (χ4n) is 4.90. The molecule has 9 heteroatoms. The van der Waals surface area contributed by atoms with E-state index in [2.05, 4.69) is 10.3 Å². The molecule has 3 aromatic rings. The molecule has 0 saturated heterocycles. The van der Waals surface area contributed by atoms with Crippen molar-refractivity contribution in [3.63, 3.8) is 0 Å². The van der Waals surface area contributed by atoms with Gasteiger partial charge in [-0.3, -0.25) is 0 Å². The van der Waals surface area contributed by atoms with Crippen molar-refractivity contribution in [1.82, 2.24) is 4.98 Å². The van der Waals surface area contributed by atoms with Gasteiger partial charge >= 0.3 is 5.97 Å². The number of rotatable bonds is 10. The lowest BCUT2D eigenvalue weighted by Crippen LogP contribution is -2.10. The maximum absolute atomic E-state index is 14.6. The first-order valence-electron chi connectivity index (χ1n) is 12.0. The molecule has 192 valence electrons. The molecule has 2 aliphatic carbocycles. The lowest BCUT2D eigenvalue weighted by molar-refractivity contribution is -0.132. The van der Waals surface area contributed by atoms with Crippen molar-refractivity contribution < 1.29 is 27.4 Å². The first kappa shape index (κ1) is 25.0. The molecule has 0 bridgehead atoms. The van der Waals surface area contributed by atoms with Crippen molar-refractivity contribution >= 4 is 27.2 Å². The number of benzene rings is 2. The highest BCUT2D eigenvalue weighted by atomic mass is 32.2. The molecule has 1 atom stereocenters. The largest absolute Gasteiger partial charge is 0.489 e. The number of halogens is 1. The minimum absolute atomic E-state index is 0.0165. The highest BCUT2D eigenvalue weighted by Gasteiger charge is 2.47. The summed E-state index contributed by atoms with van der Waals surface area (Å²) in [7, 11) is -2.99. The number of nitrogens with one attached hydrogen (secondary N) is 1. The van der Waals surface area contributed by atoms with Crippen LogP contribution in [0, 0.1) is 18.7 Å². The molecular weight excluding hydrogens is 495 g/mol. The molecule has 0 saturated carbocycles. The predicted molar refractivity (Wildman–Crippen MR) is 140 cm³/mol. The minimum atomic E-state index is -2.99. The van der Waals surface area contributed by atoms with Gasteiger partial charge in [0.1, 0.15) is 33.8 Å². The Morgan fingerprint density at radius 3 is 2.73 bits per heavy atom. The summed E-state index contributed by atoms with van der Waals surface area (Å²) in [6.07, 6.45) is 4.10. The first-order valence-corrected chi connectivity index (χ1v) is 14.1. The highest BCUT2D eigenvalue weighted by Crippen LogP contribution is 2.55. The van der Waals surface area contributed by atoms with Crippen LogP contribution < -0.4 is 10.1 Å². The molecule has 2 aliphatic rings. The van der Waals surface area contributed by atoms with Crippen molar-refractivity contribution in [3.8, 4) is 16.9 Å². The summed E-state index contributed by atoms with van der Waals surface area (Å²) in [5, 5.41) is 12.4. The molecule has 0 spiro atoms. The van der Waals surface area contributed by atoms with Crippen molar-refractivity contribution in [1.29, 1.82) is 0 Å². The van der Waals surface area contributed by atoms with Gasteiger partial charge in [-0.15, -0.1) is 0 Å². The zero-order chi connectivity index (χ0) is 26.3. The third-order valence-electron chi connectivity index (χ3n) is 6.78. The number of aryl methyl sites for hydroxylation is 1. The first-order chi connectivity index (χ1) is 17.6. The standard InChI is InChI=1S/C28H27FN2O5S/c1-16-10-25(30-8-3-9-37(2,34)35)31-14-23(16)17-4-7-24(29)19(11-17)15-36-20-5-6-21-18(12-20)13-22-26(21)27(22)28(32)33/h4-7,10-12,14,22H,3,8-9,13,15H2,1-2H3,(H,30,31)(H,32,33). The molecule has 1 unspecified atom stereocenters. The number of sulfone groups is 1. The number of pyridine rings is 1. The number of hydrogen-bond donors (Lipinski definition) is 2. The highest BCUT2D eigenvalue weighted by molar-refractivity contribution is 7.90. The number of aromatic nitrogens is 1. The Hall–Kier alpha value is -3.72. The average molecular weight is 523 g/mol. The minimum Gasteiger partial charge on any atom is -0.489 e. The van der Waals surface area contributed by atoms with Crippen molar-refractivity contribution in [3.05, 3.63) is 82.3 Å². The maximum Gasteiger partial charge on any atom is 0.332 e. The van der Waals surface area contributed by atoms with Crippen molar-refractivity contribution in [2.24, 2.45) is 5.92 Å². The smallest absolute Gasteiger partial charge is 0.332 e. The van der Waals surface area contributed by atoms with Gasteiger partial charge in [-0.25, -0.2) is 22.6 Å². The second-order valence-electron chi connectivity index (χ2n) is 9.60. The Balaban J connectivity index is 1.25. The molecular formula is C28H27FN2O5S. The van der Waals surface area contributed by atoms with E-state index in [-0.39, 0.29) is 24.1 Å². The van der Waals surface area contributed by atoms with Gasteiger partial charge in [-0.2, -0.15) is 0 Å². The fraction of sp³-hybridized carbons (Fsp3) is 0.286. The number of hydrogen-bond acceptors (Lipinski definition) is 6. The second kappa shape index (κ2) is 9.63. The number of ether oxygens (including phenoxy) is 1. The van der Waals surface area contributed by atoms with Crippen LogP contribution in [0.3, 0.4) is 0 Å². The number of aliphatic carboxylic acids is 1. The number of carboxylic acids is 1. The molecule has 2 N–H and O–H groups in total. The lowest BCUT2D eigenvalue weighted by Gasteiger charge is -2.13. The monoisotopic (exact) mass is 522 g/mol. The van der Waals surface area contributed by atoms with Crippen LogP contribution in [0.4, 0.5) is 10.2 Å². The summed E-state index contributed by atoms with van der Waals surface area (Å²) in [6.45, 7) is 2.49. The Morgan fingerprint density at radius 1 is 1.19 bits per heavy atom. The van der Waals surface area contributed by atoms with E-state index >= 15 is 0 Å². The van der Waals surface area contributed by atoms with E-state index in [0.29, 0.717) is 42.1 Å². The van der Waals surface area contributed by atoms with Crippen LogP contribution in [0.1, 0.15) is 28.7 Å². The summed E-state index contributed by atoms with van der Waals surface area (Å²) < 4.78 is 43.0. The normalized spacial score (nSPS) is 15.8. The Bertz CT molecular complexity index is 1550. The van der Waals surface area contributed by atoms with E-state index in [1.165, 1.54) is 12.3 Å². The third-order valence-corrected chi connectivity index (χ3v) is 7.82. The Kier molecular flexibility index (Phi) is 6.49. The zero-order valence-electron chi connectivity index (χ0n) is 20.5. The molecule has 0 amide bonds. The van der Waals surface area contributed by atoms with Crippen LogP contribution >= 0.6 is 0 Å². The van der Waals surface area contributed by atoms with Gasteiger partial charge in [0, 0.05) is 41.6 Å². The third kappa shape index (κ3) is 5.36. The molecule has 5 rings (SSSR count). The van der Waals surface area contributed by atoms with E-state index < -0.39 is 15.8 Å². The van der Waals surface area contributed by atoms with Gasteiger partial charge in [0.25, 0.3) is 0 Å². The van der Waals surface area contributed by atoms with Crippen LogP contribution in [-0.2, 0) is 27.7 Å². The average Bonchev–Trinajstić information content (AvgIpc) is 3.43. The van der Waals surface area contributed by atoms with Crippen LogP contribution in [-0.4, -0.2) is 43.0 Å². The summed E-state index contributed by atoms with van der Waals surface area (Å²) in [5.74, 6) is 0.197. The molecule has 0 fully saturated rings. The van der Waals surface area contributed by atoms with Gasteiger partial charge in [0.15, 0.2) is 0 Å². The molecule has 2 aromatic carbocycles. The summed E-state index contributed by atoms with van der Waals surface area (Å²) in [5.41, 5.74) is 6.51. The van der Waals surface area contributed by atoms with Crippen molar-refractivity contribution in [2.45, 2.75) is 26.4 Å². The van der Waals surface area contributed by atoms with Crippen LogP contribution in [0.15, 0.2) is 54.2 Å². The summed E-state index contributed by atoms with van der Waals surface area (Å²) >= 11 is 0. The van der Waals surface area contributed by atoms with Gasteiger partial charge in [-0.1, -0.05) is 12.1 Å². The number of fused-ring (bicyclic) bond motifs is 3. The van der Waals surface area contributed by atoms with E-state index in [4.69, 9.17) is 4.74 Å². The van der Waals surface area contributed by atoms with E-state index in [1.807, 2.05) is 25.1 Å². The van der Waals surface area contributed by atoms with Gasteiger partial charge in [-0.05, 0) is 77.9 Å². The Morgan fingerprint density at radius 2 is 2.00 bits per heavy atom. The summed E-state index contributed by atoms with van der Waals surface area (Å²) in [4.78, 5) is 15.7. The molecule has 1 aromatic heterocycles. The zero-order valence-corrected chi connectivity index (χ0v) is 21.4. The lowest BCUT2D eigenvalue weighted by atomic mass is 10.0. The van der Waals surface area contributed by atoms with Crippen LogP contribution in [0.5, 0.6) is 5.75 Å². The van der Waals surface area contributed by atoms with Gasteiger partial charge < -0.3 is 15.2 Å². The van der Waals surface area contributed by atoms with E-state index in [1.54, 1.807) is 24.4 Å². The van der Waals surface area contributed by atoms with E-state index in [0.717, 1.165) is 33.4 Å². The SMILES string of the molecule is Cc1cc(NCCCS(C)(=O)=O)ncc1-c1ccc(F)c(COc2ccc3c(c2)CC2C(C(=O)O)=C32)c1. The molecule has 7 nitrogen and oxygen atoms in total. The van der Waals surface area contributed by atoms with Gasteiger partial charge in [0.05, 0.1) is 5.75 Å². The molecule has 0 aliphatic heterocycles. The number of carboxylic acid groups (broad SMARTS) is 1. The van der Waals surface area contributed by atoms with Crippen LogP contribution in [0.25, 0.3) is 16.7 Å². The summed E-state index contributed by atoms with van der Waals surface area (Å²) in [6, 6.07) is 12.3. The number of allylic oxidation sites excluding steroid dienone is 1. The maximum atomic E-state index is 14.6. The topological polar surface area (TPSA) is 106 Å². The van der Waals surface area contributed by atoms with E-state index in [9.17, 15) is 22.7 Å². The van der Waals surface area contributed by atoms with Crippen LogP contribution in [0.2, 0.25) is 0 Å². The number of carbonyl (C=O) groups is 1. The number of anilines is 1. The molecule has 37 heavy (non-hydrogen) atoms. The Labute approximate surface area is 214 Å². The quantitative estimate of drug-likeness (QED) is 0.374. The van der Waals surface area contributed by atoms with Crippen molar-refractivity contribution in [2.75, 3.05) is 23.9 Å². The molecule has 0 radical (unpaired) electrons. The number of nitrogens with zero attached hydrogens (tertiary/aromatic N) is 1. The predicted octanol–water partition coefficient (Wildman–Crippen LogP) is 4.65. The molecule has 1 heterocycles. The fourth-order valence-corrected chi connectivity index (χ4v) is 5.57. The van der Waals surface area contributed by atoms with Gasteiger partial charge in [0.2, 0.25) is 0 Å².